The second-order valence-corrected chi connectivity index (χ2v) is 8.40. The van der Waals surface area contributed by atoms with Gasteiger partial charge in [-0.2, -0.15) is 0 Å². The molecular weight excluding hydrogens is 405 g/mol. The summed E-state index contributed by atoms with van der Waals surface area (Å²) in [5.74, 6) is -0.117. The second kappa shape index (κ2) is 11.2. The van der Waals surface area contributed by atoms with Crippen LogP contribution in [0.1, 0.15) is 45.1 Å². The van der Waals surface area contributed by atoms with Gasteiger partial charge < -0.3 is 14.7 Å². The van der Waals surface area contributed by atoms with Crippen LogP contribution >= 0.6 is 0 Å². The number of benzene rings is 2. The minimum Gasteiger partial charge on any atom is -0.311 e. The van der Waals surface area contributed by atoms with Crippen molar-refractivity contribution in [3.8, 4) is 0 Å². The minimum atomic E-state index is -0.306. The molecule has 5 nitrogen and oxygen atoms in total. The predicted molar refractivity (Wildman–Crippen MR) is 127 cm³/mol. The van der Waals surface area contributed by atoms with Gasteiger partial charge in [0.2, 0.25) is 11.8 Å². The summed E-state index contributed by atoms with van der Waals surface area (Å²) in [5.41, 5.74) is 2.88. The van der Waals surface area contributed by atoms with Crippen LogP contribution in [0.4, 0.5) is 15.8 Å². The Morgan fingerprint density at radius 1 is 0.906 bits per heavy atom. The number of likely N-dealkylation sites (tertiary alicyclic amines) is 1. The third kappa shape index (κ3) is 5.94. The first-order valence-corrected chi connectivity index (χ1v) is 11.6. The van der Waals surface area contributed by atoms with Crippen LogP contribution in [0.3, 0.4) is 0 Å². The summed E-state index contributed by atoms with van der Waals surface area (Å²) in [6, 6.07) is 14.5. The van der Waals surface area contributed by atoms with Crippen molar-refractivity contribution in [2.24, 2.45) is 0 Å². The Kier molecular flexibility index (Phi) is 8.39. The summed E-state index contributed by atoms with van der Waals surface area (Å²) in [7, 11) is 0. The van der Waals surface area contributed by atoms with Crippen molar-refractivity contribution in [1.29, 1.82) is 0 Å². The van der Waals surface area contributed by atoms with E-state index in [9.17, 15) is 14.0 Å². The van der Waals surface area contributed by atoms with Crippen LogP contribution < -0.4 is 9.80 Å². The summed E-state index contributed by atoms with van der Waals surface area (Å²) >= 11 is 0. The van der Waals surface area contributed by atoms with E-state index >= 15 is 0 Å². The Bertz CT molecular complexity index is 890. The molecule has 1 fully saturated rings. The largest absolute Gasteiger partial charge is 0.311 e. The lowest BCUT2D eigenvalue weighted by atomic mass is 10.0. The lowest BCUT2D eigenvalue weighted by Crippen LogP contribution is -2.49. The molecule has 1 heterocycles. The number of piperidine rings is 1. The third-order valence-corrected chi connectivity index (χ3v) is 6.19. The van der Waals surface area contributed by atoms with Gasteiger partial charge in [-0.05, 0) is 56.2 Å². The molecule has 172 valence electrons. The molecule has 2 aromatic rings. The number of anilines is 2. The molecule has 2 amide bonds. The van der Waals surface area contributed by atoms with Crippen LogP contribution in [0, 0.1) is 12.7 Å². The molecule has 0 aliphatic carbocycles. The van der Waals surface area contributed by atoms with Crippen molar-refractivity contribution >= 4 is 23.2 Å². The van der Waals surface area contributed by atoms with Gasteiger partial charge in [-0.15, -0.1) is 0 Å². The highest BCUT2D eigenvalue weighted by Gasteiger charge is 2.28. The monoisotopic (exact) mass is 439 g/mol. The first kappa shape index (κ1) is 23.9. The summed E-state index contributed by atoms with van der Waals surface area (Å²) in [5, 5.41) is 0. The average molecular weight is 440 g/mol. The molecule has 1 saturated heterocycles. The van der Waals surface area contributed by atoms with Crippen LogP contribution in [-0.2, 0) is 9.59 Å². The maximum Gasteiger partial charge on any atom is 0.226 e. The van der Waals surface area contributed by atoms with Gasteiger partial charge >= 0.3 is 0 Å². The van der Waals surface area contributed by atoms with Crippen LogP contribution in [0.2, 0.25) is 0 Å². The summed E-state index contributed by atoms with van der Waals surface area (Å²) < 4.78 is 13.3. The molecule has 0 atom stereocenters. The molecule has 0 radical (unpaired) electrons. The fourth-order valence-electron chi connectivity index (χ4n) is 4.29. The Labute approximate surface area is 190 Å². The third-order valence-electron chi connectivity index (χ3n) is 6.19. The van der Waals surface area contributed by atoms with Crippen LogP contribution in [0.25, 0.3) is 0 Å². The molecular formula is C26H34FN3O2. The van der Waals surface area contributed by atoms with Crippen molar-refractivity contribution in [3.63, 3.8) is 0 Å². The fourth-order valence-corrected chi connectivity index (χ4v) is 4.29. The van der Waals surface area contributed by atoms with Crippen molar-refractivity contribution < 1.29 is 14.0 Å². The minimum absolute atomic E-state index is 0.0329. The number of halogens is 1. The Hall–Kier alpha value is -2.73. The Morgan fingerprint density at radius 2 is 1.47 bits per heavy atom. The molecule has 0 N–H and O–H groups in total. The topological polar surface area (TPSA) is 43.9 Å². The van der Waals surface area contributed by atoms with E-state index in [0.717, 1.165) is 43.9 Å². The van der Waals surface area contributed by atoms with Gasteiger partial charge in [0.1, 0.15) is 5.82 Å². The van der Waals surface area contributed by atoms with Gasteiger partial charge in [0, 0.05) is 56.4 Å². The number of hydrogen-bond acceptors (Lipinski definition) is 3. The van der Waals surface area contributed by atoms with Gasteiger partial charge in [0.15, 0.2) is 0 Å². The standard InChI is InChI=1S/C26H34FN3O2/c1-4-25(31)29(22-12-8-21(27)9-13-22)19-18-28-16-14-24(15-17-28)30(26(32)5-2)23-10-6-20(3)7-11-23/h6-13,24H,4-5,14-19H2,1-3H3. The van der Waals surface area contributed by atoms with Crippen molar-refractivity contribution in [1.82, 2.24) is 4.90 Å². The van der Waals surface area contributed by atoms with Gasteiger partial charge in [-0.25, -0.2) is 4.39 Å². The van der Waals surface area contributed by atoms with Gasteiger partial charge in [-0.1, -0.05) is 31.5 Å². The quantitative estimate of drug-likeness (QED) is 0.594. The lowest BCUT2D eigenvalue weighted by Gasteiger charge is -2.39. The first-order valence-electron chi connectivity index (χ1n) is 11.6. The van der Waals surface area contributed by atoms with E-state index in [1.165, 1.54) is 17.7 Å². The number of rotatable bonds is 8. The number of nitrogens with zero attached hydrogens (tertiary/aromatic N) is 3. The number of amides is 2. The molecule has 1 aliphatic rings. The maximum atomic E-state index is 13.3. The van der Waals surface area contributed by atoms with Crippen LogP contribution in [0.15, 0.2) is 48.5 Å². The van der Waals surface area contributed by atoms with Crippen molar-refractivity contribution in [3.05, 3.63) is 59.9 Å². The Balaban J connectivity index is 1.61. The van der Waals surface area contributed by atoms with E-state index in [4.69, 9.17) is 0 Å². The lowest BCUT2D eigenvalue weighted by molar-refractivity contribution is -0.119. The molecule has 0 bridgehead atoms. The maximum absolute atomic E-state index is 13.3. The summed E-state index contributed by atoms with van der Waals surface area (Å²) in [6.07, 6.45) is 2.69. The van der Waals surface area contributed by atoms with E-state index in [1.807, 2.05) is 37.8 Å². The zero-order valence-corrected chi connectivity index (χ0v) is 19.4. The fraction of sp³-hybridized carbons (Fsp3) is 0.462. The second-order valence-electron chi connectivity index (χ2n) is 8.40. The highest BCUT2D eigenvalue weighted by atomic mass is 19.1. The van der Waals surface area contributed by atoms with Gasteiger partial charge in [0.25, 0.3) is 0 Å². The van der Waals surface area contributed by atoms with Gasteiger partial charge in [0.05, 0.1) is 0 Å². The van der Waals surface area contributed by atoms with Crippen LogP contribution in [0.5, 0.6) is 0 Å². The van der Waals surface area contributed by atoms with E-state index in [0.29, 0.717) is 19.4 Å². The normalized spacial score (nSPS) is 14.9. The summed E-state index contributed by atoms with van der Waals surface area (Å²) in [6.45, 7) is 8.87. The van der Waals surface area contributed by atoms with Crippen LogP contribution in [-0.4, -0.2) is 48.9 Å². The average Bonchev–Trinajstić information content (AvgIpc) is 2.82. The molecule has 32 heavy (non-hydrogen) atoms. The number of carbonyl (C=O) groups is 2. The summed E-state index contributed by atoms with van der Waals surface area (Å²) in [4.78, 5) is 31.3. The van der Waals surface area contributed by atoms with E-state index in [-0.39, 0.29) is 23.7 Å². The van der Waals surface area contributed by atoms with E-state index in [1.54, 1.807) is 17.0 Å². The van der Waals surface area contributed by atoms with E-state index < -0.39 is 0 Å². The van der Waals surface area contributed by atoms with E-state index in [2.05, 4.69) is 17.0 Å². The number of aryl methyl sites for hydroxylation is 1. The smallest absolute Gasteiger partial charge is 0.226 e. The zero-order chi connectivity index (χ0) is 23.1. The first-order chi connectivity index (χ1) is 15.4. The Morgan fingerprint density at radius 3 is 2.03 bits per heavy atom. The molecule has 0 aromatic heterocycles. The molecule has 2 aromatic carbocycles. The molecule has 0 spiro atoms. The molecule has 6 heteroatoms. The molecule has 0 saturated carbocycles. The highest BCUT2D eigenvalue weighted by Crippen LogP contribution is 2.25. The highest BCUT2D eigenvalue weighted by molar-refractivity contribution is 5.94. The van der Waals surface area contributed by atoms with Crippen molar-refractivity contribution in [2.75, 3.05) is 36.0 Å². The predicted octanol–water partition coefficient (Wildman–Crippen LogP) is 4.78. The molecule has 3 rings (SSSR count). The number of carbonyl (C=O) groups excluding carboxylic acids is 2. The molecule has 0 unspecified atom stereocenters. The van der Waals surface area contributed by atoms with Crippen molar-refractivity contribution in [2.45, 2.75) is 52.5 Å². The SMILES string of the molecule is CCC(=O)N(CCN1CCC(N(C(=O)CC)c2ccc(C)cc2)CC1)c1ccc(F)cc1. The zero-order valence-electron chi connectivity index (χ0n) is 19.4. The number of hydrogen-bond donors (Lipinski definition) is 0. The van der Waals surface area contributed by atoms with Gasteiger partial charge in [-0.3, -0.25) is 9.59 Å². The molecule has 1 aliphatic heterocycles.